The molecule has 0 saturated carbocycles. The van der Waals surface area contributed by atoms with Crippen LogP contribution in [0.5, 0.6) is 0 Å². The molecule has 0 radical (unpaired) electrons. The second-order valence-corrected chi connectivity index (χ2v) is 5.97. The summed E-state index contributed by atoms with van der Waals surface area (Å²) >= 11 is 6.69. The lowest BCUT2D eigenvalue weighted by atomic mass is 10.1. The number of halogens is 2. The number of aromatic nitrogens is 2. The van der Waals surface area contributed by atoms with E-state index in [1.807, 2.05) is 6.07 Å². The van der Waals surface area contributed by atoms with E-state index in [2.05, 4.69) is 55.7 Å². The van der Waals surface area contributed by atoms with Gasteiger partial charge < -0.3 is 10.2 Å². The Labute approximate surface area is 122 Å². The number of hydrogen-bond acceptors (Lipinski definition) is 4. The fourth-order valence-corrected chi connectivity index (χ4v) is 2.23. The minimum Gasteiger partial charge on any atom is -0.446 e. The monoisotopic (exact) mass is 373 g/mol. The zero-order valence-corrected chi connectivity index (χ0v) is 13.2. The van der Waals surface area contributed by atoms with Crippen LogP contribution >= 0.6 is 31.9 Å². The Bertz CT molecular complexity index is 566. The summed E-state index contributed by atoms with van der Waals surface area (Å²) < 4.78 is 6.86. The van der Waals surface area contributed by atoms with Gasteiger partial charge in [-0.2, -0.15) is 0 Å². The molecule has 2 aromatic rings. The van der Waals surface area contributed by atoms with E-state index >= 15 is 0 Å². The van der Waals surface area contributed by atoms with E-state index in [1.165, 1.54) is 0 Å². The number of rotatable bonds is 3. The zero-order chi connectivity index (χ0) is 13.3. The SMILES string of the molecule is CC(C)Cc1nc(-c2ccc(Br)o2)nc(N)c1Br. The molecule has 0 amide bonds. The molecule has 4 nitrogen and oxygen atoms in total. The lowest BCUT2D eigenvalue weighted by molar-refractivity contribution is 0.550. The van der Waals surface area contributed by atoms with Gasteiger partial charge in [-0.05, 0) is 56.3 Å². The molecule has 0 fully saturated rings. The van der Waals surface area contributed by atoms with Crippen LogP contribution in [0.4, 0.5) is 5.82 Å². The molecule has 6 heteroatoms. The fourth-order valence-electron chi connectivity index (χ4n) is 1.58. The van der Waals surface area contributed by atoms with Crippen molar-refractivity contribution in [3.8, 4) is 11.6 Å². The molecule has 0 atom stereocenters. The van der Waals surface area contributed by atoms with E-state index in [4.69, 9.17) is 10.2 Å². The predicted octanol–water partition coefficient (Wildman–Crippen LogP) is 4.04. The van der Waals surface area contributed by atoms with Crippen molar-refractivity contribution in [2.24, 2.45) is 5.92 Å². The molecule has 2 rings (SSSR count). The molecule has 0 aliphatic carbocycles. The van der Waals surface area contributed by atoms with Gasteiger partial charge in [-0.3, -0.25) is 0 Å². The highest BCUT2D eigenvalue weighted by atomic mass is 79.9. The molecule has 0 aliphatic heterocycles. The van der Waals surface area contributed by atoms with Crippen LogP contribution < -0.4 is 5.73 Å². The normalized spacial score (nSPS) is 11.2. The smallest absolute Gasteiger partial charge is 0.197 e. The topological polar surface area (TPSA) is 64.9 Å². The van der Waals surface area contributed by atoms with E-state index in [-0.39, 0.29) is 0 Å². The standard InChI is InChI=1S/C12H13Br2N3O/c1-6(2)5-7-10(14)11(15)17-12(16-7)8-3-4-9(13)18-8/h3-4,6H,5H2,1-2H3,(H2,15,16,17). The quantitative estimate of drug-likeness (QED) is 0.880. The first-order chi connectivity index (χ1) is 8.47. The van der Waals surface area contributed by atoms with E-state index < -0.39 is 0 Å². The average Bonchev–Trinajstić information content (AvgIpc) is 2.70. The Morgan fingerprint density at radius 1 is 1.28 bits per heavy atom. The van der Waals surface area contributed by atoms with Crippen molar-refractivity contribution in [2.75, 3.05) is 5.73 Å². The van der Waals surface area contributed by atoms with Crippen molar-refractivity contribution in [2.45, 2.75) is 20.3 Å². The summed E-state index contributed by atoms with van der Waals surface area (Å²) in [6.07, 6.45) is 0.835. The molecule has 18 heavy (non-hydrogen) atoms. The molecular formula is C12H13Br2N3O. The van der Waals surface area contributed by atoms with Crippen LogP contribution in [-0.4, -0.2) is 9.97 Å². The van der Waals surface area contributed by atoms with Crippen LogP contribution in [0.25, 0.3) is 11.6 Å². The third-order valence-electron chi connectivity index (χ3n) is 2.34. The van der Waals surface area contributed by atoms with Crippen molar-refractivity contribution in [3.05, 3.63) is 27.0 Å². The van der Waals surface area contributed by atoms with Crippen molar-refractivity contribution < 1.29 is 4.42 Å². The number of hydrogen-bond donors (Lipinski definition) is 1. The Morgan fingerprint density at radius 2 is 2.00 bits per heavy atom. The number of anilines is 1. The van der Waals surface area contributed by atoms with Crippen LogP contribution in [0.1, 0.15) is 19.5 Å². The van der Waals surface area contributed by atoms with Crippen LogP contribution in [0, 0.1) is 5.92 Å². The summed E-state index contributed by atoms with van der Waals surface area (Å²) in [6.45, 7) is 4.27. The van der Waals surface area contributed by atoms with Crippen molar-refractivity contribution in [1.29, 1.82) is 0 Å². The lowest BCUT2D eigenvalue weighted by Gasteiger charge is -2.09. The molecule has 0 aromatic carbocycles. The Balaban J connectivity index is 2.46. The van der Waals surface area contributed by atoms with Gasteiger partial charge in [0.25, 0.3) is 0 Å². The van der Waals surface area contributed by atoms with E-state index in [9.17, 15) is 0 Å². The molecular weight excluding hydrogens is 362 g/mol. The van der Waals surface area contributed by atoms with Crippen LogP contribution in [0.3, 0.4) is 0 Å². The molecule has 96 valence electrons. The Hall–Kier alpha value is -0.880. The van der Waals surface area contributed by atoms with Crippen molar-refractivity contribution in [3.63, 3.8) is 0 Å². The van der Waals surface area contributed by atoms with Gasteiger partial charge in [-0.1, -0.05) is 13.8 Å². The summed E-state index contributed by atoms with van der Waals surface area (Å²) in [4.78, 5) is 8.73. The third kappa shape index (κ3) is 2.92. The summed E-state index contributed by atoms with van der Waals surface area (Å²) in [6, 6.07) is 3.62. The van der Waals surface area contributed by atoms with E-state index in [0.29, 0.717) is 28.0 Å². The Morgan fingerprint density at radius 3 is 2.56 bits per heavy atom. The van der Waals surface area contributed by atoms with Gasteiger partial charge in [0, 0.05) is 0 Å². The number of furan rings is 1. The van der Waals surface area contributed by atoms with Gasteiger partial charge in [-0.25, -0.2) is 9.97 Å². The summed E-state index contributed by atoms with van der Waals surface area (Å²) in [5, 5.41) is 0. The minimum atomic E-state index is 0.433. The molecule has 0 unspecified atom stereocenters. The van der Waals surface area contributed by atoms with Gasteiger partial charge in [0.1, 0.15) is 5.82 Å². The minimum absolute atomic E-state index is 0.433. The lowest BCUT2D eigenvalue weighted by Crippen LogP contribution is -2.05. The highest BCUT2D eigenvalue weighted by molar-refractivity contribution is 9.10. The van der Waals surface area contributed by atoms with Crippen molar-refractivity contribution >= 4 is 37.7 Å². The highest BCUT2D eigenvalue weighted by Crippen LogP contribution is 2.28. The van der Waals surface area contributed by atoms with Gasteiger partial charge in [0.15, 0.2) is 16.3 Å². The number of nitrogen functional groups attached to an aromatic ring is 1. The molecule has 0 aliphatic rings. The number of nitrogens with two attached hydrogens (primary N) is 1. The van der Waals surface area contributed by atoms with Gasteiger partial charge >= 0.3 is 0 Å². The molecule has 2 heterocycles. The Kier molecular flexibility index (Phi) is 4.07. The maximum Gasteiger partial charge on any atom is 0.197 e. The second-order valence-electron chi connectivity index (χ2n) is 4.39. The van der Waals surface area contributed by atoms with Gasteiger partial charge in [0.2, 0.25) is 0 Å². The summed E-state index contributed by atoms with van der Waals surface area (Å²) in [5.41, 5.74) is 6.79. The van der Waals surface area contributed by atoms with Crippen LogP contribution in [-0.2, 0) is 6.42 Å². The fraction of sp³-hybridized carbons (Fsp3) is 0.333. The summed E-state index contributed by atoms with van der Waals surface area (Å²) in [5.74, 6) is 2.04. The molecule has 2 aromatic heterocycles. The summed E-state index contributed by atoms with van der Waals surface area (Å²) in [7, 11) is 0. The zero-order valence-electron chi connectivity index (χ0n) is 10.1. The van der Waals surface area contributed by atoms with E-state index in [1.54, 1.807) is 6.07 Å². The maximum atomic E-state index is 5.89. The van der Waals surface area contributed by atoms with E-state index in [0.717, 1.165) is 16.6 Å². The highest BCUT2D eigenvalue weighted by Gasteiger charge is 2.14. The molecule has 0 saturated heterocycles. The average molecular weight is 375 g/mol. The first-order valence-electron chi connectivity index (χ1n) is 5.55. The second kappa shape index (κ2) is 5.40. The van der Waals surface area contributed by atoms with Gasteiger partial charge in [0.05, 0.1) is 10.2 Å². The van der Waals surface area contributed by atoms with Crippen LogP contribution in [0.2, 0.25) is 0 Å². The largest absolute Gasteiger partial charge is 0.446 e. The molecule has 0 bridgehead atoms. The van der Waals surface area contributed by atoms with Crippen molar-refractivity contribution in [1.82, 2.24) is 9.97 Å². The van der Waals surface area contributed by atoms with Crippen LogP contribution in [0.15, 0.2) is 25.7 Å². The molecule has 2 N–H and O–H groups in total. The number of nitrogens with zero attached hydrogens (tertiary/aromatic N) is 2. The first-order valence-corrected chi connectivity index (χ1v) is 7.13. The third-order valence-corrected chi connectivity index (χ3v) is 3.63. The molecule has 0 spiro atoms. The maximum absolute atomic E-state index is 5.89. The van der Waals surface area contributed by atoms with Gasteiger partial charge in [-0.15, -0.1) is 0 Å². The first kappa shape index (κ1) is 13.5. The predicted molar refractivity (Wildman–Crippen MR) is 78.1 cm³/mol.